The summed E-state index contributed by atoms with van der Waals surface area (Å²) in [5, 5.41) is 0. The standard InChI is InChI=1S/C23H35NO/c1-22-12-10-16(5-3-4-14-24)15-17(22)6-7-18-19-8-9-21(25)23(19,2)13-11-20(18)22/h3,5,15-16,18-20H,4,6-14,24H2,1-2H3/t16-,18?,19?,20?,22-,23-/m0/s1. The van der Waals surface area contributed by atoms with Crippen LogP contribution in [0.4, 0.5) is 0 Å². The highest BCUT2D eigenvalue weighted by Crippen LogP contribution is 2.64. The van der Waals surface area contributed by atoms with Gasteiger partial charge >= 0.3 is 0 Å². The van der Waals surface area contributed by atoms with E-state index in [0.717, 1.165) is 44.1 Å². The SMILES string of the molecule is C[C@]12CC[C@H](C=CCCN)C=C1CCC1C2CC[C@]2(C)C(=O)CCC12. The Morgan fingerprint density at radius 2 is 1.84 bits per heavy atom. The minimum Gasteiger partial charge on any atom is -0.330 e. The molecular weight excluding hydrogens is 306 g/mol. The fourth-order valence-corrected chi connectivity index (χ4v) is 7.04. The van der Waals surface area contributed by atoms with E-state index in [9.17, 15) is 4.79 Å². The second kappa shape index (κ2) is 6.37. The highest BCUT2D eigenvalue weighted by Gasteiger charge is 2.58. The van der Waals surface area contributed by atoms with Gasteiger partial charge in [-0.05, 0) is 87.0 Å². The number of fused-ring (bicyclic) bond motifs is 5. The van der Waals surface area contributed by atoms with Gasteiger partial charge in [0.05, 0.1) is 0 Å². The number of allylic oxidation sites excluding steroid dienone is 3. The number of carbonyl (C=O) groups excluding carboxylic acids is 1. The second-order valence-electron chi connectivity index (χ2n) is 9.65. The van der Waals surface area contributed by atoms with E-state index in [4.69, 9.17) is 5.73 Å². The van der Waals surface area contributed by atoms with E-state index in [2.05, 4.69) is 32.1 Å². The normalized spacial score (nSPS) is 46.5. The topological polar surface area (TPSA) is 43.1 Å². The molecule has 0 aromatic carbocycles. The second-order valence-corrected chi connectivity index (χ2v) is 9.65. The molecule has 4 aliphatic carbocycles. The molecule has 0 amide bonds. The smallest absolute Gasteiger partial charge is 0.139 e. The summed E-state index contributed by atoms with van der Waals surface area (Å²) >= 11 is 0. The first kappa shape index (κ1) is 17.5. The Morgan fingerprint density at radius 3 is 2.64 bits per heavy atom. The van der Waals surface area contributed by atoms with Crippen molar-refractivity contribution in [3.8, 4) is 0 Å². The molecule has 0 spiro atoms. The molecule has 3 unspecified atom stereocenters. The number of rotatable bonds is 3. The molecule has 2 nitrogen and oxygen atoms in total. The Bertz CT molecular complexity index is 605. The molecule has 0 radical (unpaired) electrons. The van der Waals surface area contributed by atoms with Gasteiger partial charge in [-0.2, -0.15) is 0 Å². The first-order valence-electron chi connectivity index (χ1n) is 10.6. The van der Waals surface area contributed by atoms with Gasteiger partial charge in [0.15, 0.2) is 0 Å². The van der Waals surface area contributed by atoms with Crippen LogP contribution in [0.3, 0.4) is 0 Å². The van der Waals surface area contributed by atoms with E-state index in [-0.39, 0.29) is 5.41 Å². The van der Waals surface area contributed by atoms with Crippen LogP contribution in [0, 0.1) is 34.5 Å². The summed E-state index contributed by atoms with van der Waals surface area (Å²) in [6.07, 6.45) is 17.9. The Labute approximate surface area is 153 Å². The Balaban J connectivity index is 1.57. The third-order valence-corrected chi connectivity index (χ3v) is 8.57. The number of nitrogens with two attached hydrogens (primary N) is 1. The fraction of sp³-hybridized carbons (Fsp3) is 0.783. The zero-order valence-electron chi connectivity index (χ0n) is 16.1. The van der Waals surface area contributed by atoms with Crippen molar-refractivity contribution in [2.24, 2.45) is 40.2 Å². The summed E-state index contributed by atoms with van der Waals surface area (Å²) < 4.78 is 0. The molecule has 25 heavy (non-hydrogen) atoms. The van der Waals surface area contributed by atoms with E-state index in [0.29, 0.717) is 23.0 Å². The van der Waals surface area contributed by atoms with Gasteiger partial charge in [-0.15, -0.1) is 0 Å². The molecule has 0 aromatic rings. The van der Waals surface area contributed by atoms with Crippen molar-refractivity contribution in [1.29, 1.82) is 0 Å². The van der Waals surface area contributed by atoms with Crippen molar-refractivity contribution in [3.63, 3.8) is 0 Å². The van der Waals surface area contributed by atoms with Gasteiger partial charge in [-0.1, -0.05) is 37.6 Å². The van der Waals surface area contributed by atoms with Crippen LogP contribution in [0.1, 0.15) is 71.6 Å². The van der Waals surface area contributed by atoms with Crippen LogP contribution in [0.2, 0.25) is 0 Å². The van der Waals surface area contributed by atoms with Gasteiger partial charge in [-0.25, -0.2) is 0 Å². The predicted molar refractivity (Wildman–Crippen MR) is 103 cm³/mol. The number of ketones is 1. The molecule has 2 heteroatoms. The van der Waals surface area contributed by atoms with Gasteiger partial charge in [0, 0.05) is 11.8 Å². The molecular formula is C23H35NO. The van der Waals surface area contributed by atoms with Crippen LogP contribution >= 0.6 is 0 Å². The van der Waals surface area contributed by atoms with E-state index in [1.54, 1.807) is 5.57 Å². The van der Waals surface area contributed by atoms with Gasteiger partial charge in [0.1, 0.15) is 5.78 Å². The van der Waals surface area contributed by atoms with Crippen molar-refractivity contribution in [3.05, 3.63) is 23.8 Å². The maximum Gasteiger partial charge on any atom is 0.139 e. The van der Waals surface area contributed by atoms with Crippen molar-refractivity contribution in [1.82, 2.24) is 0 Å². The average molecular weight is 342 g/mol. The molecule has 0 saturated heterocycles. The van der Waals surface area contributed by atoms with Gasteiger partial charge < -0.3 is 5.73 Å². The zero-order chi connectivity index (χ0) is 17.7. The van der Waals surface area contributed by atoms with Crippen molar-refractivity contribution in [2.75, 3.05) is 6.54 Å². The molecule has 2 N–H and O–H groups in total. The van der Waals surface area contributed by atoms with Crippen molar-refractivity contribution in [2.45, 2.75) is 71.6 Å². The Hall–Kier alpha value is -0.890. The quantitative estimate of drug-likeness (QED) is 0.731. The van der Waals surface area contributed by atoms with Crippen molar-refractivity contribution < 1.29 is 4.79 Å². The average Bonchev–Trinajstić information content (AvgIpc) is 2.90. The van der Waals surface area contributed by atoms with E-state index in [1.165, 1.54) is 32.1 Å². The summed E-state index contributed by atoms with van der Waals surface area (Å²) in [5.41, 5.74) is 7.76. The molecule has 4 aliphatic rings. The van der Waals surface area contributed by atoms with Crippen molar-refractivity contribution >= 4 is 5.78 Å². The summed E-state index contributed by atoms with van der Waals surface area (Å²) in [6, 6.07) is 0. The predicted octanol–water partition coefficient (Wildman–Crippen LogP) is 5.04. The number of hydrogen-bond acceptors (Lipinski definition) is 2. The minimum absolute atomic E-state index is 0.0148. The highest BCUT2D eigenvalue weighted by molar-refractivity contribution is 5.87. The van der Waals surface area contributed by atoms with Gasteiger partial charge in [-0.3, -0.25) is 4.79 Å². The minimum atomic E-state index is 0.0148. The van der Waals surface area contributed by atoms with Crippen LogP contribution in [-0.2, 0) is 4.79 Å². The lowest BCUT2D eigenvalue weighted by Gasteiger charge is -2.57. The first-order chi connectivity index (χ1) is 12.0. The molecule has 0 heterocycles. The fourth-order valence-electron chi connectivity index (χ4n) is 7.04. The lowest BCUT2D eigenvalue weighted by Crippen LogP contribution is -2.50. The molecule has 0 bridgehead atoms. The maximum absolute atomic E-state index is 12.5. The highest BCUT2D eigenvalue weighted by atomic mass is 16.1. The first-order valence-corrected chi connectivity index (χ1v) is 10.6. The van der Waals surface area contributed by atoms with E-state index in [1.807, 2.05) is 0 Å². The van der Waals surface area contributed by atoms with Gasteiger partial charge in [0.2, 0.25) is 0 Å². The molecule has 3 fully saturated rings. The maximum atomic E-state index is 12.5. The summed E-state index contributed by atoms with van der Waals surface area (Å²) in [7, 11) is 0. The summed E-state index contributed by atoms with van der Waals surface area (Å²) in [4.78, 5) is 12.5. The molecule has 0 aliphatic heterocycles. The van der Waals surface area contributed by atoms with Crippen LogP contribution < -0.4 is 5.73 Å². The molecule has 3 saturated carbocycles. The molecule has 0 aromatic heterocycles. The Morgan fingerprint density at radius 1 is 1.08 bits per heavy atom. The largest absolute Gasteiger partial charge is 0.330 e. The van der Waals surface area contributed by atoms with Crippen LogP contribution in [0.25, 0.3) is 0 Å². The van der Waals surface area contributed by atoms with Crippen LogP contribution in [0.5, 0.6) is 0 Å². The van der Waals surface area contributed by atoms with E-state index < -0.39 is 0 Å². The van der Waals surface area contributed by atoms with E-state index >= 15 is 0 Å². The summed E-state index contributed by atoms with van der Waals surface area (Å²) in [5.74, 6) is 3.45. The molecule has 6 atom stereocenters. The Kier molecular flexibility index (Phi) is 4.46. The van der Waals surface area contributed by atoms with Crippen LogP contribution in [-0.4, -0.2) is 12.3 Å². The summed E-state index contributed by atoms with van der Waals surface area (Å²) in [6.45, 7) is 5.59. The third-order valence-electron chi connectivity index (χ3n) is 8.57. The number of hydrogen-bond donors (Lipinski definition) is 1. The molecule has 138 valence electrons. The zero-order valence-corrected chi connectivity index (χ0v) is 16.1. The lowest BCUT2D eigenvalue weighted by atomic mass is 9.47. The molecule has 4 rings (SSSR count). The lowest BCUT2D eigenvalue weighted by molar-refractivity contribution is -0.132. The number of Topliss-reactive ketones (excluding diaryl/α,β-unsaturated/α-hetero) is 1. The monoisotopic (exact) mass is 341 g/mol. The van der Waals surface area contributed by atoms with Gasteiger partial charge in [0.25, 0.3) is 0 Å². The van der Waals surface area contributed by atoms with Crippen LogP contribution in [0.15, 0.2) is 23.8 Å². The number of carbonyl (C=O) groups is 1. The third kappa shape index (κ3) is 2.67.